The van der Waals surface area contributed by atoms with E-state index in [0.29, 0.717) is 17.1 Å². The van der Waals surface area contributed by atoms with Crippen molar-refractivity contribution in [1.29, 1.82) is 0 Å². The molecule has 0 amide bonds. The summed E-state index contributed by atoms with van der Waals surface area (Å²) < 4.78 is 22.8. The average Bonchev–Trinajstić information content (AvgIpc) is 3.02. The highest BCUT2D eigenvalue weighted by Crippen LogP contribution is 2.42. The molecule has 0 aliphatic heterocycles. The number of nitrogens with zero attached hydrogens (tertiary/aromatic N) is 3. The second kappa shape index (κ2) is 9.69. The van der Waals surface area contributed by atoms with Gasteiger partial charge in [0, 0.05) is 44.7 Å². The van der Waals surface area contributed by atoms with Crippen LogP contribution in [-0.2, 0) is 11.3 Å². The van der Waals surface area contributed by atoms with Crippen molar-refractivity contribution in [2.45, 2.75) is 59.8 Å². The topological polar surface area (TPSA) is 60.2 Å². The summed E-state index contributed by atoms with van der Waals surface area (Å²) in [6, 6.07) is 11.1. The first-order chi connectivity index (χ1) is 16.5. The fraction of sp³-hybridized carbons (Fsp3) is 0.357. The zero-order valence-electron chi connectivity index (χ0n) is 21.0. The molecule has 0 spiro atoms. The summed E-state index contributed by atoms with van der Waals surface area (Å²) in [4.78, 5) is 8.80. The zero-order valence-corrected chi connectivity index (χ0v) is 21.7. The second-order valence-corrected chi connectivity index (χ2v) is 10.3. The molecule has 184 valence electrons. The van der Waals surface area contributed by atoms with Crippen LogP contribution in [0.2, 0.25) is 5.02 Å². The largest absolute Gasteiger partial charge is 0.393 e. The summed E-state index contributed by atoms with van der Waals surface area (Å²) >= 11 is 6.21. The molecule has 0 radical (unpaired) electrons. The summed E-state index contributed by atoms with van der Waals surface area (Å²) in [5.74, 6) is -0.489. The smallest absolute Gasteiger partial charge is 0.217 e. The Balaban J connectivity index is 2.05. The van der Waals surface area contributed by atoms with Crippen molar-refractivity contribution in [1.82, 2.24) is 14.5 Å². The Bertz CT molecular complexity index is 1370. The normalized spacial score (nSPS) is 12.9. The number of hydrogen-bond donors (Lipinski definition) is 1. The maximum absolute atomic E-state index is 14.4. The molecule has 3 aromatic heterocycles. The summed E-state index contributed by atoms with van der Waals surface area (Å²) in [6.07, 6.45) is 0.874. The summed E-state index contributed by atoms with van der Waals surface area (Å²) in [5.41, 5.74) is 6.27. The third kappa shape index (κ3) is 4.96. The van der Waals surface area contributed by atoms with Crippen LogP contribution < -0.4 is 0 Å². The van der Waals surface area contributed by atoms with Gasteiger partial charge in [0.15, 0.2) is 0 Å². The van der Waals surface area contributed by atoms with Gasteiger partial charge in [0.2, 0.25) is 5.95 Å². The van der Waals surface area contributed by atoms with Crippen LogP contribution in [0.25, 0.3) is 22.2 Å². The van der Waals surface area contributed by atoms with Crippen LogP contribution in [0.5, 0.6) is 0 Å². The van der Waals surface area contributed by atoms with Crippen molar-refractivity contribution in [2.75, 3.05) is 6.61 Å². The first-order valence-corrected chi connectivity index (χ1v) is 12.0. The van der Waals surface area contributed by atoms with Crippen LogP contribution in [0.15, 0.2) is 42.6 Å². The highest BCUT2D eigenvalue weighted by molar-refractivity contribution is 6.30. The Labute approximate surface area is 210 Å². The maximum atomic E-state index is 14.4. The molecule has 0 bridgehead atoms. The minimum atomic E-state index is -0.573. The summed E-state index contributed by atoms with van der Waals surface area (Å²) in [6.45, 7) is 12.0. The van der Waals surface area contributed by atoms with Gasteiger partial charge in [0.05, 0.1) is 18.8 Å². The Hall–Kier alpha value is -2.80. The Kier molecular flexibility index (Phi) is 7.00. The maximum Gasteiger partial charge on any atom is 0.217 e. The lowest BCUT2D eigenvalue weighted by Gasteiger charge is -2.29. The zero-order chi connectivity index (χ0) is 25.5. The second-order valence-electron chi connectivity index (χ2n) is 9.84. The monoisotopic (exact) mass is 495 g/mol. The first-order valence-electron chi connectivity index (χ1n) is 11.7. The number of aromatic nitrogens is 3. The van der Waals surface area contributed by atoms with E-state index in [9.17, 15) is 9.50 Å². The van der Waals surface area contributed by atoms with Crippen molar-refractivity contribution in [2.24, 2.45) is 0 Å². The number of aryl methyl sites for hydroxylation is 2. The molecule has 0 unspecified atom stereocenters. The van der Waals surface area contributed by atoms with E-state index in [0.717, 1.165) is 44.7 Å². The van der Waals surface area contributed by atoms with Gasteiger partial charge in [-0.1, -0.05) is 29.8 Å². The van der Waals surface area contributed by atoms with E-state index in [1.807, 2.05) is 70.4 Å². The van der Waals surface area contributed by atoms with E-state index in [1.165, 1.54) is 6.20 Å². The minimum absolute atomic E-state index is 0.189. The minimum Gasteiger partial charge on any atom is -0.393 e. The quantitative estimate of drug-likeness (QED) is 0.302. The van der Waals surface area contributed by atoms with E-state index in [2.05, 4.69) is 4.98 Å². The molecule has 1 atom stereocenters. The lowest BCUT2D eigenvalue weighted by molar-refractivity contribution is -0.0823. The number of benzene rings is 1. The average molecular weight is 496 g/mol. The predicted molar refractivity (Wildman–Crippen MR) is 138 cm³/mol. The van der Waals surface area contributed by atoms with Crippen LogP contribution in [0.3, 0.4) is 0 Å². The third-order valence-corrected chi connectivity index (χ3v) is 6.52. The van der Waals surface area contributed by atoms with Gasteiger partial charge in [-0.05, 0) is 70.9 Å². The molecule has 35 heavy (non-hydrogen) atoms. The van der Waals surface area contributed by atoms with Gasteiger partial charge in [-0.15, -0.1) is 0 Å². The lowest BCUT2D eigenvalue weighted by atomic mass is 9.91. The van der Waals surface area contributed by atoms with Crippen molar-refractivity contribution in [3.63, 3.8) is 0 Å². The predicted octanol–water partition coefficient (Wildman–Crippen LogP) is 6.71. The molecule has 0 fully saturated rings. The SMILES string of the molecule is Cc1nc2c(c(C)c(C)n2Cc2cccnc2F)c(-c2ccc(Cl)cc2)c1[C@@H](CO)OC(C)(C)C. The van der Waals surface area contributed by atoms with Gasteiger partial charge in [-0.2, -0.15) is 4.39 Å². The Morgan fingerprint density at radius 2 is 1.80 bits per heavy atom. The first kappa shape index (κ1) is 25.3. The van der Waals surface area contributed by atoms with Gasteiger partial charge >= 0.3 is 0 Å². The summed E-state index contributed by atoms with van der Waals surface area (Å²) in [7, 11) is 0. The fourth-order valence-corrected chi connectivity index (χ4v) is 4.75. The Morgan fingerprint density at radius 3 is 2.40 bits per heavy atom. The van der Waals surface area contributed by atoms with E-state index in [4.69, 9.17) is 21.3 Å². The number of aliphatic hydroxyl groups is 1. The van der Waals surface area contributed by atoms with Gasteiger partial charge < -0.3 is 14.4 Å². The van der Waals surface area contributed by atoms with E-state index in [-0.39, 0.29) is 6.61 Å². The molecule has 1 N–H and O–H groups in total. The van der Waals surface area contributed by atoms with E-state index < -0.39 is 17.7 Å². The lowest BCUT2D eigenvalue weighted by Crippen LogP contribution is -2.25. The van der Waals surface area contributed by atoms with Crippen LogP contribution in [0.4, 0.5) is 4.39 Å². The number of fused-ring (bicyclic) bond motifs is 1. The molecular formula is C28H31ClFN3O2. The van der Waals surface area contributed by atoms with Crippen molar-refractivity contribution in [3.05, 3.63) is 81.6 Å². The van der Waals surface area contributed by atoms with Gasteiger partial charge in [0.1, 0.15) is 11.8 Å². The Morgan fingerprint density at radius 1 is 1.11 bits per heavy atom. The molecule has 7 heteroatoms. The number of halogens is 2. The summed E-state index contributed by atoms with van der Waals surface area (Å²) in [5, 5.41) is 12.0. The van der Waals surface area contributed by atoms with Crippen LogP contribution in [0, 0.1) is 26.7 Å². The highest BCUT2D eigenvalue weighted by Gasteiger charge is 2.29. The molecule has 0 aliphatic rings. The molecule has 0 aliphatic carbocycles. The number of pyridine rings is 2. The molecule has 0 saturated heterocycles. The van der Waals surface area contributed by atoms with Crippen LogP contribution in [-0.4, -0.2) is 31.8 Å². The fourth-order valence-electron chi connectivity index (χ4n) is 4.62. The number of ether oxygens (including phenoxy) is 1. The third-order valence-electron chi connectivity index (χ3n) is 6.27. The molecule has 0 saturated carbocycles. The number of rotatable bonds is 6. The standard InChI is InChI=1S/C28H31ClFN3O2/c1-16-18(3)33(14-20-8-7-13-31-26(20)30)27-23(16)25(19-9-11-21(29)12-10-19)24(17(2)32-27)22(15-34)35-28(4,5)6/h7-13,22,34H,14-15H2,1-6H3/t22-/m1/s1. The number of hydrogen-bond acceptors (Lipinski definition) is 4. The van der Waals surface area contributed by atoms with Gasteiger partial charge in [-0.25, -0.2) is 9.97 Å². The number of aliphatic hydroxyl groups excluding tert-OH is 1. The molecular weight excluding hydrogens is 465 g/mol. The van der Waals surface area contributed by atoms with Gasteiger partial charge in [0.25, 0.3) is 0 Å². The molecule has 5 nitrogen and oxygen atoms in total. The van der Waals surface area contributed by atoms with E-state index >= 15 is 0 Å². The van der Waals surface area contributed by atoms with Crippen molar-refractivity contribution < 1.29 is 14.2 Å². The molecule has 4 aromatic rings. The van der Waals surface area contributed by atoms with E-state index in [1.54, 1.807) is 12.1 Å². The van der Waals surface area contributed by atoms with Gasteiger partial charge in [-0.3, -0.25) is 0 Å². The van der Waals surface area contributed by atoms with Crippen molar-refractivity contribution >= 4 is 22.6 Å². The molecule has 3 heterocycles. The highest BCUT2D eigenvalue weighted by atomic mass is 35.5. The van der Waals surface area contributed by atoms with Crippen LogP contribution in [0.1, 0.15) is 55.0 Å². The van der Waals surface area contributed by atoms with Crippen molar-refractivity contribution in [3.8, 4) is 11.1 Å². The van der Waals surface area contributed by atoms with Crippen LogP contribution >= 0.6 is 11.6 Å². The molecule has 4 rings (SSSR count). The molecule has 1 aromatic carbocycles.